The van der Waals surface area contributed by atoms with Gasteiger partial charge in [0.25, 0.3) is 0 Å². The fraction of sp³-hybridized carbons (Fsp3) is 0.375. The standard InChI is InChI=1S/C24H32N6O2/c1-16-7-12-22(32-6)21(13-16)17(2)27-24(26-15-23-29-28-18(3)30(23)4)25-14-19-8-10-20(31-5)11-9-19/h7-13,17H,14-15H2,1-6H3,(H2,25,26,27). The van der Waals surface area contributed by atoms with Gasteiger partial charge in [0.15, 0.2) is 11.8 Å². The highest BCUT2D eigenvalue weighted by atomic mass is 16.5. The second-order valence-corrected chi connectivity index (χ2v) is 7.70. The molecule has 0 aliphatic heterocycles. The fourth-order valence-electron chi connectivity index (χ4n) is 3.30. The van der Waals surface area contributed by atoms with Gasteiger partial charge in [-0.2, -0.15) is 0 Å². The summed E-state index contributed by atoms with van der Waals surface area (Å²) >= 11 is 0. The van der Waals surface area contributed by atoms with E-state index in [0.717, 1.165) is 34.3 Å². The summed E-state index contributed by atoms with van der Waals surface area (Å²) in [6.07, 6.45) is 0. The van der Waals surface area contributed by atoms with Crippen LogP contribution in [0.3, 0.4) is 0 Å². The lowest BCUT2D eigenvalue weighted by Crippen LogP contribution is -2.39. The molecular weight excluding hydrogens is 404 g/mol. The minimum Gasteiger partial charge on any atom is -0.497 e. The molecule has 3 rings (SSSR count). The summed E-state index contributed by atoms with van der Waals surface area (Å²) in [4.78, 5) is 4.80. The topological polar surface area (TPSA) is 85.6 Å². The van der Waals surface area contributed by atoms with E-state index in [4.69, 9.17) is 14.5 Å². The van der Waals surface area contributed by atoms with Crippen molar-refractivity contribution >= 4 is 5.96 Å². The van der Waals surface area contributed by atoms with Gasteiger partial charge in [0.05, 0.1) is 33.4 Å². The molecule has 0 amide bonds. The molecule has 0 saturated heterocycles. The molecule has 170 valence electrons. The second kappa shape index (κ2) is 10.7. The van der Waals surface area contributed by atoms with Gasteiger partial charge >= 0.3 is 0 Å². The highest BCUT2D eigenvalue weighted by molar-refractivity contribution is 5.80. The first-order valence-electron chi connectivity index (χ1n) is 10.6. The fourth-order valence-corrected chi connectivity index (χ4v) is 3.30. The van der Waals surface area contributed by atoms with Gasteiger partial charge in [-0.25, -0.2) is 4.99 Å². The molecule has 2 aromatic carbocycles. The molecule has 0 aliphatic carbocycles. The quantitative estimate of drug-likeness (QED) is 0.416. The van der Waals surface area contributed by atoms with Crippen molar-refractivity contribution in [2.75, 3.05) is 14.2 Å². The molecule has 8 heteroatoms. The molecule has 1 atom stereocenters. The maximum atomic E-state index is 5.57. The van der Waals surface area contributed by atoms with Gasteiger partial charge < -0.3 is 24.7 Å². The molecule has 8 nitrogen and oxygen atoms in total. The normalized spacial score (nSPS) is 12.4. The van der Waals surface area contributed by atoms with Crippen molar-refractivity contribution in [1.29, 1.82) is 0 Å². The van der Waals surface area contributed by atoms with E-state index in [2.05, 4.69) is 40.7 Å². The van der Waals surface area contributed by atoms with Crippen LogP contribution >= 0.6 is 0 Å². The van der Waals surface area contributed by atoms with Crippen LogP contribution in [0.1, 0.15) is 41.3 Å². The van der Waals surface area contributed by atoms with E-state index >= 15 is 0 Å². The number of methoxy groups -OCH3 is 2. The van der Waals surface area contributed by atoms with Crippen molar-refractivity contribution in [2.45, 2.75) is 39.9 Å². The molecule has 0 fully saturated rings. The van der Waals surface area contributed by atoms with Gasteiger partial charge in [0, 0.05) is 12.6 Å². The summed E-state index contributed by atoms with van der Waals surface area (Å²) in [6.45, 7) is 7.12. The van der Waals surface area contributed by atoms with Crippen LogP contribution in [0, 0.1) is 13.8 Å². The molecule has 2 N–H and O–H groups in total. The summed E-state index contributed by atoms with van der Waals surface area (Å²) in [5, 5.41) is 15.3. The Morgan fingerprint density at radius 3 is 2.44 bits per heavy atom. The van der Waals surface area contributed by atoms with E-state index in [0.29, 0.717) is 19.0 Å². The number of benzene rings is 2. The molecule has 0 saturated carbocycles. The summed E-state index contributed by atoms with van der Waals surface area (Å²) < 4.78 is 12.8. The molecule has 1 unspecified atom stereocenters. The summed E-state index contributed by atoms with van der Waals surface area (Å²) in [7, 11) is 5.30. The number of guanidine groups is 1. The van der Waals surface area contributed by atoms with Crippen LogP contribution in [-0.4, -0.2) is 34.9 Å². The number of nitrogens with one attached hydrogen (secondary N) is 2. The molecule has 3 aromatic rings. The summed E-state index contributed by atoms with van der Waals surface area (Å²) in [5.74, 6) is 4.05. The molecule has 1 aromatic heterocycles. The van der Waals surface area contributed by atoms with Crippen molar-refractivity contribution in [3.63, 3.8) is 0 Å². The largest absolute Gasteiger partial charge is 0.497 e. The van der Waals surface area contributed by atoms with Crippen molar-refractivity contribution in [3.05, 3.63) is 70.8 Å². The number of nitrogens with zero attached hydrogens (tertiary/aromatic N) is 4. The second-order valence-electron chi connectivity index (χ2n) is 7.70. The van der Waals surface area contributed by atoms with Gasteiger partial charge in [-0.3, -0.25) is 0 Å². The third-order valence-electron chi connectivity index (χ3n) is 5.38. The Kier molecular flexibility index (Phi) is 7.70. The zero-order valence-electron chi connectivity index (χ0n) is 19.6. The Morgan fingerprint density at radius 1 is 1.06 bits per heavy atom. The third kappa shape index (κ3) is 5.78. The zero-order valence-corrected chi connectivity index (χ0v) is 19.6. The molecule has 0 aliphatic rings. The maximum absolute atomic E-state index is 5.57. The minimum absolute atomic E-state index is 0.0202. The molecule has 0 spiro atoms. The van der Waals surface area contributed by atoms with E-state index in [9.17, 15) is 0 Å². The van der Waals surface area contributed by atoms with E-state index in [1.165, 1.54) is 5.56 Å². The highest BCUT2D eigenvalue weighted by Crippen LogP contribution is 2.26. The Hall–Kier alpha value is -3.55. The lowest BCUT2D eigenvalue weighted by atomic mass is 10.0. The number of aryl methyl sites for hydroxylation is 2. The lowest BCUT2D eigenvalue weighted by Gasteiger charge is -2.21. The van der Waals surface area contributed by atoms with Gasteiger partial charge in [-0.1, -0.05) is 29.8 Å². The molecule has 1 heterocycles. The first-order chi connectivity index (χ1) is 15.4. The van der Waals surface area contributed by atoms with Crippen LogP contribution in [0.2, 0.25) is 0 Å². The Labute approximate surface area is 189 Å². The first kappa shape index (κ1) is 23.1. The number of hydrogen-bond donors (Lipinski definition) is 2. The number of aromatic nitrogens is 3. The Balaban J connectivity index is 1.80. The monoisotopic (exact) mass is 436 g/mol. The Bertz CT molecular complexity index is 1060. The van der Waals surface area contributed by atoms with Crippen LogP contribution in [-0.2, 0) is 20.1 Å². The van der Waals surface area contributed by atoms with Crippen molar-refractivity contribution < 1.29 is 9.47 Å². The van der Waals surface area contributed by atoms with Crippen LogP contribution in [0.4, 0.5) is 0 Å². The van der Waals surface area contributed by atoms with E-state index < -0.39 is 0 Å². The van der Waals surface area contributed by atoms with Crippen molar-refractivity contribution in [2.24, 2.45) is 12.0 Å². The third-order valence-corrected chi connectivity index (χ3v) is 5.38. The molecular formula is C24H32N6O2. The maximum Gasteiger partial charge on any atom is 0.192 e. The summed E-state index contributed by atoms with van der Waals surface area (Å²) in [6, 6.07) is 14.0. The average Bonchev–Trinajstić information content (AvgIpc) is 3.13. The molecule has 0 radical (unpaired) electrons. The number of rotatable bonds is 8. The number of hydrogen-bond acceptors (Lipinski definition) is 5. The SMILES string of the molecule is COc1ccc(CN=C(NCc2nnc(C)n2C)NC(C)c2cc(C)ccc2OC)cc1. The van der Waals surface area contributed by atoms with Gasteiger partial charge in [0.1, 0.15) is 17.3 Å². The van der Waals surface area contributed by atoms with Crippen LogP contribution < -0.4 is 20.1 Å². The van der Waals surface area contributed by atoms with Crippen molar-refractivity contribution in [1.82, 2.24) is 25.4 Å². The average molecular weight is 437 g/mol. The van der Waals surface area contributed by atoms with Crippen LogP contribution in [0.5, 0.6) is 11.5 Å². The number of aliphatic imine (C=N–C) groups is 1. The van der Waals surface area contributed by atoms with Gasteiger partial charge in [-0.05, 0) is 44.5 Å². The van der Waals surface area contributed by atoms with E-state index in [1.807, 2.05) is 54.9 Å². The van der Waals surface area contributed by atoms with Crippen LogP contribution in [0.25, 0.3) is 0 Å². The molecule has 32 heavy (non-hydrogen) atoms. The van der Waals surface area contributed by atoms with E-state index in [1.54, 1.807) is 14.2 Å². The predicted octanol–water partition coefficient (Wildman–Crippen LogP) is 3.45. The Morgan fingerprint density at radius 2 is 1.81 bits per heavy atom. The molecule has 0 bridgehead atoms. The smallest absolute Gasteiger partial charge is 0.192 e. The minimum atomic E-state index is -0.0202. The van der Waals surface area contributed by atoms with Crippen molar-refractivity contribution in [3.8, 4) is 11.5 Å². The lowest BCUT2D eigenvalue weighted by molar-refractivity contribution is 0.405. The van der Waals surface area contributed by atoms with Gasteiger partial charge in [-0.15, -0.1) is 10.2 Å². The zero-order chi connectivity index (χ0) is 23.1. The van der Waals surface area contributed by atoms with Crippen LogP contribution in [0.15, 0.2) is 47.5 Å². The summed E-state index contributed by atoms with van der Waals surface area (Å²) in [5.41, 5.74) is 3.33. The predicted molar refractivity (Wildman–Crippen MR) is 126 cm³/mol. The highest BCUT2D eigenvalue weighted by Gasteiger charge is 2.14. The van der Waals surface area contributed by atoms with E-state index in [-0.39, 0.29) is 6.04 Å². The number of ether oxygens (including phenoxy) is 2. The van der Waals surface area contributed by atoms with Gasteiger partial charge in [0.2, 0.25) is 0 Å². The first-order valence-corrected chi connectivity index (χ1v) is 10.6.